The number of nitriles is 1. The predicted octanol–water partition coefficient (Wildman–Crippen LogP) is 1.92. The minimum Gasteiger partial charge on any atom is -0.611 e. The van der Waals surface area contributed by atoms with Gasteiger partial charge in [0.1, 0.15) is 17.4 Å². The average molecular weight is 256 g/mol. The highest BCUT2D eigenvalue weighted by atomic mass is 32.2. The Kier molecular flexibility index (Phi) is 4.35. The zero-order valence-electron chi connectivity index (χ0n) is 9.07. The van der Waals surface area contributed by atoms with Crippen molar-refractivity contribution < 1.29 is 9.35 Å². The summed E-state index contributed by atoms with van der Waals surface area (Å²) in [5.41, 5.74) is 6.04. The van der Waals surface area contributed by atoms with Crippen LogP contribution in [-0.2, 0) is 11.2 Å². The van der Waals surface area contributed by atoms with Crippen molar-refractivity contribution in [2.75, 3.05) is 11.5 Å². The SMILES string of the molecule is CCC[S+]([O-])c1sc(C(C)=O)c(N)c1C#N. The van der Waals surface area contributed by atoms with Gasteiger partial charge in [0.05, 0.1) is 10.6 Å². The van der Waals surface area contributed by atoms with E-state index < -0.39 is 11.2 Å². The molecular weight excluding hydrogens is 244 g/mol. The molecule has 0 saturated heterocycles. The molecule has 6 heteroatoms. The largest absolute Gasteiger partial charge is 0.611 e. The molecule has 86 valence electrons. The molecule has 1 atom stereocenters. The van der Waals surface area contributed by atoms with E-state index in [2.05, 4.69) is 0 Å². The van der Waals surface area contributed by atoms with E-state index in [1.807, 2.05) is 13.0 Å². The van der Waals surface area contributed by atoms with E-state index in [0.29, 0.717) is 14.8 Å². The topological polar surface area (TPSA) is 89.9 Å². The van der Waals surface area contributed by atoms with Crippen LogP contribution in [0.25, 0.3) is 0 Å². The Morgan fingerprint density at radius 2 is 2.31 bits per heavy atom. The maximum absolute atomic E-state index is 11.8. The molecule has 0 aromatic carbocycles. The highest BCUT2D eigenvalue weighted by Crippen LogP contribution is 2.35. The standard InChI is InChI=1S/C10H12N2O2S2/c1-3-4-16(14)10-7(5-11)8(12)9(15-10)6(2)13/h3-4,12H2,1-2H3. The number of carbonyl (C=O) groups is 1. The number of ketones is 1. The molecule has 0 spiro atoms. The Balaban J connectivity index is 3.25. The quantitative estimate of drug-likeness (QED) is 0.658. The second-order valence-electron chi connectivity index (χ2n) is 3.22. The lowest BCUT2D eigenvalue weighted by atomic mass is 10.2. The molecule has 0 aliphatic rings. The minimum atomic E-state index is -1.24. The molecule has 0 fully saturated rings. The molecule has 1 heterocycles. The maximum atomic E-state index is 11.8. The van der Waals surface area contributed by atoms with Crippen molar-refractivity contribution in [1.29, 1.82) is 5.26 Å². The summed E-state index contributed by atoms with van der Waals surface area (Å²) in [7, 11) is 0. The highest BCUT2D eigenvalue weighted by Gasteiger charge is 2.26. The maximum Gasteiger partial charge on any atom is 0.227 e. The number of hydrogen-bond acceptors (Lipinski definition) is 5. The van der Waals surface area contributed by atoms with E-state index in [1.165, 1.54) is 6.92 Å². The molecule has 4 nitrogen and oxygen atoms in total. The summed E-state index contributed by atoms with van der Waals surface area (Å²) >= 11 is -0.167. The van der Waals surface area contributed by atoms with Gasteiger partial charge in [0.25, 0.3) is 0 Å². The van der Waals surface area contributed by atoms with Crippen LogP contribution in [0.4, 0.5) is 5.69 Å². The molecule has 0 aliphatic carbocycles. The molecule has 0 aliphatic heterocycles. The van der Waals surface area contributed by atoms with Crippen LogP contribution in [0.2, 0.25) is 0 Å². The van der Waals surface area contributed by atoms with Gasteiger partial charge in [0, 0.05) is 6.92 Å². The van der Waals surface area contributed by atoms with E-state index in [0.717, 1.165) is 17.8 Å². The van der Waals surface area contributed by atoms with Gasteiger partial charge in [-0.1, -0.05) is 18.3 Å². The second-order valence-corrected chi connectivity index (χ2v) is 6.01. The van der Waals surface area contributed by atoms with E-state index in [-0.39, 0.29) is 17.0 Å². The number of thiophene rings is 1. The van der Waals surface area contributed by atoms with Gasteiger partial charge < -0.3 is 10.3 Å². The number of nitrogens with zero attached hydrogens (tertiary/aromatic N) is 1. The normalized spacial score (nSPS) is 12.1. The van der Waals surface area contributed by atoms with Gasteiger partial charge in [-0.25, -0.2) is 0 Å². The first-order chi connectivity index (χ1) is 7.52. The van der Waals surface area contributed by atoms with Crippen molar-refractivity contribution in [3.05, 3.63) is 10.4 Å². The van der Waals surface area contributed by atoms with Crippen molar-refractivity contribution in [2.45, 2.75) is 24.5 Å². The molecule has 0 bridgehead atoms. The lowest BCUT2D eigenvalue weighted by molar-refractivity contribution is 0.102. The summed E-state index contributed by atoms with van der Waals surface area (Å²) < 4.78 is 12.2. The summed E-state index contributed by atoms with van der Waals surface area (Å²) in [6.45, 7) is 3.29. The number of Topliss-reactive ketones (excluding diaryl/α,β-unsaturated/α-hetero) is 1. The third-order valence-corrected chi connectivity index (χ3v) is 5.25. The van der Waals surface area contributed by atoms with Gasteiger partial charge >= 0.3 is 0 Å². The van der Waals surface area contributed by atoms with Crippen LogP contribution in [0.3, 0.4) is 0 Å². The number of hydrogen-bond donors (Lipinski definition) is 1. The Morgan fingerprint density at radius 1 is 1.69 bits per heavy atom. The van der Waals surface area contributed by atoms with Crippen LogP contribution in [0.1, 0.15) is 35.5 Å². The zero-order valence-corrected chi connectivity index (χ0v) is 10.7. The van der Waals surface area contributed by atoms with Gasteiger partial charge in [-0.15, -0.1) is 0 Å². The molecule has 16 heavy (non-hydrogen) atoms. The molecule has 0 radical (unpaired) electrons. The Bertz CT molecular complexity index is 448. The molecule has 0 amide bonds. The van der Waals surface area contributed by atoms with Crippen LogP contribution in [0.15, 0.2) is 4.21 Å². The van der Waals surface area contributed by atoms with Crippen molar-refractivity contribution in [2.24, 2.45) is 0 Å². The molecule has 1 aromatic rings. The first kappa shape index (κ1) is 13.0. The number of rotatable bonds is 4. The van der Waals surface area contributed by atoms with Crippen molar-refractivity contribution >= 4 is 34.0 Å². The minimum absolute atomic E-state index is 0.166. The summed E-state index contributed by atoms with van der Waals surface area (Å²) in [6.07, 6.45) is 0.755. The first-order valence-corrected chi connectivity index (χ1v) is 6.88. The van der Waals surface area contributed by atoms with Crippen LogP contribution < -0.4 is 5.73 Å². The summed E-state index contributed by atoms with van der Waals surface area (Å²) in [5.74, 6) is 0.283. The lowest BCUT2D eigenvalue weighted by Gasteiger charge is -2.06. The predicted molar refractivity (Wildman–Crippen MR) is 65.0 cm³/mol. The van der Waals surface area contributed by atoms with Gasteiger partial charge in [0.2, 0.25) is 4.21 Å². The van der Waals surface area contributed by atoms with Crippen LogP contribution >= 0.6 is 11.3 Å². The van der Waals surface area contributed by atoms with Gasteiger partial charge in [-0.05, 0) is 17.6 Å². The third kappa shape index (κ3) is 2.38. The van der Waals surface area contributed by atoms with Crippen LogP contribution in [0.5, 0.6) is 0 Å². The average Bonchev–Trinajstić information content (AvgIpc) is 2.55. The fraction of sp³-hybridized carbons (Fsp3) is 0.400. The molecule has 1 unspecified atom stereocenters. The molecule has 1 aromatic heterocycles. The van der Waals surface area contributed by atoms with Gasteiger partial charge in [-0.3, -0.25) is 4.79 Å². The molecule has 1 rings (SSSR count). The zero-order chi connectivity index (χ0) is 12.3. The van der Waals surface area contributed by atoms with Crippen LogP contribution in [-0.4, -0.2) is 16.1 Å². The summed E-state index contributed by atoms with van der Waals surface area (Å²) in [5, 5.41) is 8.94. The lowest BCUT2D eigenvalue weighted by Crippen LogP contribution is -2.05. The fourth-order valence-corrected chi connectivity index (χ4v) is 3.84. The van der Waals surface area contributed by atoms with Gasteiger partial charge in [-0.2, -0.15) is 5.26 Å². The molecule has 2 N–H and O–H groups in total. The summed E-state index contributed by atoms with van der Waals surface area (Å²) in [6, 6.07) is 1.92. The van der Waals surface area contributed by atoms with E-state index >= 15 is 0 Å². The Morgan fingerprint density at radius 3 is 2.75 bits per heavy atom. The Labute approximate surface area is 101 Å². The van der Waals surface area contributed by atoms with E-state index in [4.69, 9.17) is 11.0 Å². The highest BCUT2D eigenvalue weighted by molar-refractivity contribution is 7.93. The number of nitrogen functional groups attached to an aromatic ring is 1. The molecular formula is C10H12N2O2S2. The van der Waals surface area contributed by atoms with E-state index in [9.17, 15) is 9.35 Å². The van der Waals surface area contributed by atoms with Gasteiger partial charge in [0.15, 0.2) is 5.78 Å². The fourth-order valence-electron chi connectivity index (χ4n) is 1.23. The smallest absolute Gasteiger partial charge is 0.227 e. The van der Waals surface area contributed by atoms with Crippen molar-refractivity contribution in [3.8, 4) is 6.07 Å². The van der Waals surface area contributed by atoms with E-state index in [1.54, 1.807) is 0 Å². The van der Waals surface area contributed by atoms with Crippen molar-refractivity contribution in [1.82, 2.24) is 0 Å². The second kappa shape index (κ2) is 5.34. The first-order valence-electron chi connectivity index (χ1n) is 4.74. The number of nitrogens with two attached hydrogens (primary N) is 1. The van der Waals surface area contributed by atoms with Crippen LogP contribution in [0, 0.1) is 11.3 Å². The third-order valence-electron chi connectivity index (χ3n) is 1.94. The monoisotopic (exact) mass is 256 g/mol. The Hall–Kier alpha value is -1.03. The summed E-state index contributed by atoms with van der Waals surface area (Å²) in [4.78, 5) is 11.6. The number of carbonyl (C=O) groups excluding carboxylic acids is 1. The molecule has 0 saturated carbocycles. The number of anilines is 1. The van der Waals surface area contributed by atoms with Crippen molar-refractivity contribution in [3.63, 3.8) is 0 Å².